The SMILES string of the molecule is c1ccc2cc(-c3c4ccccc4c(-c4cc5oc6ccccc6c5c5c4oc4ccccc45)c4ccccc34)ccc2c1. The van der Waals surface area contributed by atoms with E-state index in [9.17, 15) is 0 Å². The van der Waals surface area contributed by atoms with Crippen LogP contribution in [-0.2, 0) is 0 Å². The van der Waals surface area contributed by atoms with Gasteiger partial charge in [0.15, 0.2) is 0 Å². The van der Waals surface area contributed by atoms with Gasteiger partial charge in [0.1, 0.15) is 22.3 Å². The van der Waals surface area contributed by atoms with Crippen molar-refractivity contribution >= 4 is 76.2 Å². The summed E-state index contributed by atoms with van der Waals surface area (Å²) in [4.78, 5) is 0. The van der Waals surface area contributed by atoms with E-state index in [1.54, 1.807) is 0 Å². The fraction of sp³-hybridized carbons (Fsp3) is 0. The van der Waals surface area contributed by atoms with E-state index in [0.717, 1.165) is 55.0 Å². The number of fused-ring (bicyclic) bond motifs is 10. The molecule has 2 nitrogen and oxygen atoms in total. The average Bonchev–Trinajstić information content (AvgIpc) is 3.65. The van der Waals surface area contributed by atoms with Crippen molar-refractivity contribution in [2.24, 2.45) is 0 Å². The Morgan fingerprint density at radius 1 is 0.341 bits per heavy atom. The molecule has 204 valence electrons. The molecule has 10 rings (SSSR count). The fourth-order valence-corrected chi connectivity index (χ4v) is 7.36. The molecule has 0 amide bonds. The third-order valence-corrected chi connectivity index (χ3v) is 9.23. The van der Waals surface area contributed by atoms with Crippen molar-refractivity contribution in [1.29, 1.82) is 0 Å². The largest absolute Gasteiger partial charge is 0.456 e. The van der Waals surface area contributed by atoms with E-state index in [4.69, 9.17) is 8.83 Å². The van der Waals surface area contributed by atoms with Crippen molar-refractivity contribution in [3.63, 3.8) is 0 Å². The molecule has 2 heteroatoms. The first-order chi connectivity index (χ1) is 21.8. The number of benzene rings is 8. The Hall–Kier alpha value is -5.86. The molecule has 0 saturated heterocycles. The normalized spacial score (nSPS) is 12.1. The minimum atomic E-state index is 0.868. The highest BCUT2D eigenvalue weighted by atomic mass is 16.3. The molecule has 0 aliphatic carbocycles. The second kappa shape index (κ2) is 8.82. The van der Waals surface area contributed by atoms with E-state index in [1.165, 1.54) is 43.4 Å². The van der Waals surface area contributed by atoms with Crippen LogP contribution in [0.1, 0.15) is 0 Å². The van der Waals surface area contributed by atoms with Gasteiger partial charge in [-0.3, -0.25) is 0 Å². The number of rotatable bonds is 2. The van der Waals surface area contributed by atoms with E-state index >= 15 is 0 Å². The highest BCUT2D eigenvalue weighted by Crippen LogP contribution is 2.49. The Morgan fingerprint density at radius 2 is 0.864 bits per heavy atom. The first kappa shape index (κ1) is 23.7. The van der Waals surface area contributed by atoms with Crippen LogP contribution < -0.4 is 0 Å². The second-order valence-electron chi connectivity index (χ2n) is 11.6. The third-order valence-electron chi connectivity index (χ3n) is 9.23. The van der Waals surface area contributed by atoms with Crippen LogP contribution in [-0.4, -0.2) is 0 Å². The molecule has 2 heterocycles. The van der Waals surface area contributed by atoms with Gasteiger partial charge in [0.25, 0.3) is 0 Å². The maximum Gasteiger partial charge on any atom is 0.144 e. The molecule has 0 atom stereocenters. The lowest BCUT2D eigenvalue weighted by Crippen LogP contribution is -1.91. The van der Waals surface area contributed by atoms with Crippen molar-refractivity contribution in [1.82, 2.24) is 0 Å². The van der Waals surface area contributed by atoms with Crippen LogP contribution in [0.15, 0.2) is 154 Å². The van der Waals surface area contributed by atoms with Crippen LogP contribution in [0.5, 0.6) is 0 Å². The fourth-order valence-electron chi connectivity index (χ4n) is 7.36. The summed E-state index contributed by atoms with van der Waals surface area (Å²) in [5, 5.41) is 11.7. The van der Waals surface area contributed by atoms with Crippen LogP contribution in [0.2, 0.25) is 0 Å². The monoisotopic (exact) mass is 560 g/mol. The predicted octanol–water partition coefficient (Wildman–Crippen LogP) is 12.3. The lowest BCUT2D eigenvalue weighted by Gasteiger charge is -2.18. The lowest BCUT2D eigenvalue weighted by molar-refractivity contribution is 0.664. The molecule has 8 aromatic carbocycles. The van der Waals surface area contributed by atoms with Crippen LogP contribution >= 0.6 is 0 Å². The van der Waals surface area contributed by atoms with Gasteiger partial charge in [-0.2, -0.15) is 0 Å². The number of para-hydroxylation sites is 2. The average molecular weight is 561 g/mol. The van der Waals surface area contributed by atoms with Crippen LogP contribution in [0.4, 0.5) is 0 Å². The molecule has 2 aromatic heterocycles. The van der Waals surface area contributed by atoms with Gasteiger partial charge in [-0.1, -0.05) is 121 Å². The summed E-state index contributed by atoms with van der Waals surface area (Å²) < 4.78 is 13.3. The van der Waals surface area contributed by atoms with Gasteiger partial charge in [0.2, 0.25) is 0 Å². The van der Waals surface area contributed by atoms with Crippen molar-refractivity contribution in [3.8, 4) is 22.3 Å². The maximum absolute atomic E-state index is 6.78. The van der Waals surface area contributed by atoms with E-state index in [2.05, 4.69) is 127 Å². The van der Waals surface area contributed by atoms with Crippen LogP contribution in [0, 0.1) is 0 Å². The molecule has 0 bridgehead atoms. The Kier molecular flexibility index (Phi) is 4.75. The summed E-state index contributed by atoms with van der Waals surface area (Å²) in [5.41, 5.74) is 8.18. The summed E-state index contributed by atoms with van der Waals surface area (Å²) in [5.74, 6) is 0. The Labute approximate surface area is 252 Å². The lowest BCUT2D eigenvalue weighted by atomic mass is 9.85. The van der Waals surface area contributed by atoms with Crippen LogP contribution in [0.3, 0.4) is 0 Å². The zero-order chi connectivity index (χ0) is 28.8. The Morgan fingerprint density at radius 3 is 1.55 bits per heavy atom. The first-order valence-corrected chi connectivity index (χ1v) is 15.0. The van der Waals surface area contributed by atoms with Crippen molar-refractivity contribution in [2.45, 2.75) is 0 Å². The van der Waals surface area contributed by atoms with E-state index in [0.29, 0.717) is 0 Å². The highest BCUT2D eigenvalue weighted by molar-refractivity contribution is 6.31. The Balaban J connectivity index is 1.40. The molecule has 0 saturated carbocycles. The topological polar surface area (TPSA) is 26.3 Å². The summed E-state index contributed by atoms with van der Waals surface area (Å²) in [6.07, 6.45) is 0. The first-order valence-electron chi connectivity index (χ1n) is 15.0. The molecule has 0 spiro atoms. The van der Waals surface area contributed by atoms with E-state index in [1.807, 2.05) is 18.2 Å². The zero-order valence-electron chi connectivity index (χ0n) is 23.7. The second-order valence-corrected chi connectivity index (χ2v) is 11.6. The molecule has 0 radical (unpaired) electrons. The number of hydrogen-bond donors (Lipinski definition) is 0. The minimum Gasteiger partial charge on any atom is -0.456 e. The number of furan rings is 2. The third kappa shape index (κ3) is 3.20. The molecular formula is C42H24O2. The van der Waals surface area contributed by atoms with Gasteiger partial charge in [-0.25, -0.2) is 0 Å². The van der Waals surface area contributed by atoms with Crippen molar-refractivity contribution < 1.29 is 8.83 Å². The van der Waals surface area contributed by atoms with Crippen molar-refractivity contribution in [3.05, 3.63) is 146 Å². The van der Waals surface area contributed by atoms with Gasteiger partial charge in [-0.05, 0) is 67.7 Å². The zero-order valence-corrected chi connectivity index (χ0v) is 23.7. The summed E-state index contributed by atoms with van der Waals surface area (Å²) >= 11 is 0. The molecular weight excluding hydrogens is 536 g/mol. The summed E-state index contributed by atoms with van der Waals surface area (Å²) in [7, 11) is 0. The molecule has 0 N–H and O–H groups in total. The maximum atomic E-state index is 6.78. The molecule has 0 aliphatic heterocycles. The summed E-state index contributed by atoms with van der Waals surface area (Å²) in [6.45, 7) is 0. The van der Waals surface area contributed by atoms with Gasteiger partial charge in [-0.15, -0.1) is 0 Å². The van der Waals surface area contributed by atoms with Gasteiger partial charge < -0.3 is 8.83 Å². The highest BCUT2D eigenvalue weighted by Gasteiger charge is 2.24. The van der Waals surface area contributed by atoms with Gasteiger partial charge in [0, 0.05) is 32.7 Å². The quantitative estimate of drug-likeness (QED) is 0.197. The minimum absolute atomic E-state index is 0.868. The summed E-state index contributed by atoms with van der Waals surface area (Å²) in [6, 6.07) is 51.8. The van der Waals surface area contributed by atoms with E-state index in [-0.39, 0.29) is 0 Å². The molecule has 0 unspecified atom stereocenters. The van der Waals surface area contributed by atoms with Crippen LogP contribution in [0.25, 0.3) is 98.4 Å². The molecule has 0 fully saturated rings. The smallest absolute Gasteiger partial charge is 0.144 e. The predicted molar refractivity (Wildman–Crippen MR) is 184 cm³/mol. The van der Waals surface area contributed by atoms with Crippen molar-refractivity contribution in [2.75, 3.05) is 0 Å². The van der Waals surface area contributed by atoms with Gasteiger partial charge >= 0.3 is 0 Å². The van der Waals surface area contributed by atoms with Gasteiger partial charge in [0.05, 0.1) is 0 Å². The Bertz CT molecular complexity index is 2720. The standard InChI is InChI=1S/C42H24O2/c1-2-12-26-23-27(22-21-25(26)11-1)38-28-13-3-5-15-30(28)39(31-16-6-4-14-29(31)38)34-24-37-40(32-17-7-9-19-35(32)43-37)41-33-18-8-10-20-36(33)44-42(34)41/h1-24H. The van der Waals surface area contributed by atoms with E-state index < -0.39 is 0 Å². The molecule has 0 aliphatic rings. The molecule has 10 aromatic rings. The number of hydrogen-bond acceptors (Lipinski definition) is 2. The molecule has 44 heavy (non-hydrogen) atoms.